The molecule has 1 fully saturated rings. The first-order valence-electron chi connectivity index (χ1n) is 10.9. The van der Waals surface area contributed by atoms with Crippen LogP contribution < -0.4 is 25.4 Å². The average molecular weight is 502 g/mol. The van der Waals surface area contributed by atoms with Crippen LogP contribution in [-0.2, 0) is 0 Å². The predicted octanol–water partition coefficient (Wildman–Crippen LogP) is 5.23. The van der Waals surface area contributed by atoms with Gasteiger partial charge < -0.3 is 25.4 Å². The van der Waals surface area contributed by atoms with E-state index in [1.807, 2.05) is 25.1 Å². The molecule has 3 aromatic rings. The van der Waals surface area contributed by atoms with Crippen LogP contribution in [0.5, 0.6) is 11.6 Å². The molecule has 34 heavy (non-hydrogen) atoms. The van der Waals surface area contributed by atoms with Gasteiger partial charge in [0.05, 0.1) is 22.8 Å². The molecule has 3 N–H and O–H groups in total. The van der Waals surface area contributed by atoms with Crippen molar-refractivity contribution in [1.82, 2.24) is 15.3 Å². The first-order valence-corrected chi connectivity index (χ1v) is 11.6. The molecular weight excluding hydrogens is 477 g/mol. The summed E-state index contributed by atoms with van der Waals surface area (Å²) in [4.78, 5) is 21.4. The zero-order valence-electron chi connectivity index (χ0n) is 18.8. The summed E-state index contributed by atoms with van der Waals surface area (Å²) >= 11 is 12.3. The molecule has 1 aromatic heterocycles. The van der Waals surface area contributed by atoms with Crippen molar-refractivity contribution in [2.45, 2.75) is 25.9 Å². The Labute approximate surface area is 208 Å². The molecule has 2 heterocycles. The number of methoxy groups -OCH3 is 1. The molecule has 178 valence electrons. The van der Waals surface area contributed by atoms with Crippen LogP contribution in [0.3, 0.4) is 0 Å². The van der Waals surface area contributed by atoms with E-state index in [1.54, 1.807) is 18.2 Å². The molecule has 10 heteroatoms. The van der Waals surface area contributed by atoms with Crippen LogP contribution >= 0.6 is 23.2 Å². The van der Waals surface area contributed by atoms with E-state index in [2.05, 4.69) is 25.9 Å². The number of rotatable bonds is 7. The van der Waals surface area contributed by atoms with E-state index in [0.717, 1.165) is 42.9 Å². The Morgan fingerprint density at radius 2 is 1.88 bits per heavy atom. The number of para-hydroxylation sites is 1. The summed E-state index contributed by atoms with van der Waals surface area (Å²) in [5.74, 6) is 0.770. The second kappa shape index (κ2) is 10.9. The summed E-state index contributed by atoms with van der Waals surface area (Å²) in [7, 11) is 1.43. The fourth-order valence-electron chi connectivity index (χ4n) is 3.62. The maximum Gasteiger partial charge on any atom is 0.262 e. The van der Waals surface area contributed by atoms with Gasteiger partial charge in [-0.05, 0) is 68.8 Å². The second-order valence-electron chi connectivity index (χ2n) is 7.84. The van der Waals surface area contributed by atoms with Crippen molar-refractivity contribution in [3.8, 4) is 11.6 Å². The summed E-state index contributed by atoms with van der Waals surface area (Å²) in [6, 6.07) is 10.8. The van der Waals surface area contributed by atoms with Crippen molar-refractivity contribution in [1.29, 1.82) is 0 Å². The minimum Gasteiger partial charge on any atom is -0.490 e. The molecule has 1 saturated heterocycles. The Morgan fingerprint density at radius 3 is 2.56 bits per heavy atom. The van der Waals surface area contributed by atoms with Crippen LogP contribution in [0.25, 0.3) is 0 Å². The third kappa shape index (κ3) is 5.70. The van der Waals surface area contributed by atoms with Crippen molar-refractivity contribution < 1.29 is 14.3 Å². The number of benzene rings is 2. The van der Waals surface area contributed by atoms with Gasteiger partial charge in [-0.15, -0.1) is 0 Å². The first kappa shape index (κ1) is 24.1. The molecule has 0 saturated carbocycles. The van der Waals surface area contributed by atoms with E-state index in [-0.39, 0.29) is 23.5 Å². The fraction of sp³-hybridized carbons (Fsp3) is 0.292. The molecule has 0 radical (unpaired) electrons. The lowest BCUT2D eigenvalue weighted by Gasteiger charge is -2.24. The SMILES string of the molecule is COc1nc(Nc2ccc(OC3CCNCC3)c(C)c2)ncc1C(=O)Nc1c(Cl)cccc1Cl. The molecular formula is C24H25Cl2N5O3. The normalized spacial score (nSPS) is 13.9. The summed E-state index contributed by atoms with van der Waals surface area (Å²) in [5.41, 5.74) is 2.24. The van der Waals surface area contributed by atoms with Gasteiger partial charge in [0.1, 0.15) is 17.4 Å². The highest BCUT2D eigenvalue weighted by Crippen LogP contribution is 2.31. The molecule has 2 aromatic carbocycles. The van der Waals surface area contributed by atoms with E-state index in [0.29, 0.717) is 15.7 Å². The molecule has 0 unspecified atom stereocenters. The van der Waals surface area contributed by atoms with Crippen LogP contribution in [0, 0.1) is 6.92 Å². The van der Waals surface area contributed by atoms with Gasteiger partial charge in [-0.25, -0.2) is 4.98 Å². The second-order valence-corrected chi connectivity index (χ2v) is 8.65. The van der Waals surface area contributed by atoms with Crippen molar-refractivity contribution in [2.75, 3.05) is 30.8 Å². The third-order valence-corrected chi connectivity index (χ3v) is 6.03. The Kier molecular flexibility index (Phi) is 7.72. The van der Waals surface area contributed by atoms with Gasteiger partial charge in [0.2, 0.25) is 11.8 Å². The van der Waals surface area contributed by atoms with Crippen molar-refractivity contribution >= 4 is 46.4 Å². The number of nitrogens with zero attached hydrogens (tertiary/aromatic N) is 2. The number of piperidine rings is 1. The molecule has 0 bridgehead atoms. The number of carbonyl (C=O) groups excluding carboxylic acids is 1. The highest BCUT2D eigenvalue weighted by atomic mass is 35.5. The minimum atomic E-state index is -0.492. The number of hydrogen-bond acceptors (Lipinski definition) is 7. The van der Waals surface area contributed by atoms with E-state index in [4.69, 9.17) is 32.7 Å². The quantitative estimate of drug-likeness (QED) is 0.407. The van der Waals surface area contributed by atoms with Gasteiger partial charge in [-0.3, -0.25) is 4.79 Å². The highest BCUT2D eigenvalue weighted by molar-refractivity contribution is 6.40. The van der Waals surface area contributed by atoms with E-state index in [9.17, 15) is 4.79 Å². The summed E-state index contributed by atoms with van der Waals surface area (Å²) in [6.45, 7) is 3.94. The Morgan fingerprint density at radius 1 is 1.15 bits per heavy atom. The number of aryl methyl sites for hydroxylation is 1. The molecule has 1 aliphatic rings. The van der Waals surface area contributed by atoms with Crippen LogP contribution in [0.4, 0.5) is 17.3 Å². The summed E-state index contributed by atoms with van der Waals surface area (Å²) < 4.78 is 11.5. The molecule has 1 amide bonds. The maximum absolute atomic E-state index is 12.8. The molecule has 0 spiro atoms. The molecule has 8 nitrogen and oxygen atoms in total. The fourth-order valence-corrected chi connectivity index (χ4v) is 4.11. The number of amides is 1. The number of aromatic nitrogens is 2. The molecule has 4 rings (SSSR count). The van der Waals surface area contributed by atoms with E-state index < -0.39 is 5.91 Å². The van der Waals surface area contributed by atoms with Gasteiger partial charge >= 0.3 is 0 Å². The third-order valence-electron chi connectivity index (χ3n) is 5.40. The number of carbonyl (C=O) groups is 1. The smallest absolute Gasteiger partial charge is 0.262 e. The largest absolute Gasteiger partial charge is 0.490 e. The van der Waals surface area contributed by atoms with Crippen LogP contribution in [0.1, 0.15) is 28.8 Å². The number of nitrogens with one attached hydrogen (secondary N) is 3. The van der Waals surface area contributed by atoms with Crippen LogP contribution in [0.15, 0.2) is 42.6 Å². The Hall–Kier alpha value is -3.07. The van der Waals surface area contributed by atoms with Crippen molar-refractivity contribution in [3.05, 3.63) is 63.8 Å². The molecule has 0 atom stereocenters. The topological polar surface area (TPSA) is 97.4 Å². The summed E-state index contributed by atoms with van der Waals surface area (Å²) in [5, 5.41) is 9.81. The number of hydrogen-bond donors (Lipinski definition) is 3. The molecule has 1 aliphatic heterocycles. The zero-order chi connectivity index (χ0) is 24.1. The van der Waals surface area contributed by atoms with Gasteiger partial charge in [-0.2, -0.15) is 4.98 Å². The zero-order valence-corrected chi connectivity index (χ0v) is 20.3. The van der Waals surface area contributed by atoms with Crippen LogP contribution in [-0.4, -0.2) is 42.2 Å². The summed E-state index contributed by atoms with van der Waals surface area (Å²) in [6.07, 6.45) is 3.60. The average Bonchev–Trinajstić information content (AvgIpc) is 2.83. The van der Waals surface area contributed by atoms with Crippen LogP contribution in [0.2, 0.25) is 10.0 Å². The lowest BCUT2D eigenvalue weighted by molar-refractivity contribution is 0.102. The first-order chi connectivity index (χ1) is 16.4. The minimum absolute atomic E-state index is 0.112. The van der Waals surface area contributed by atoms with Gasteiger partial charge in [0.15, 0.2) is 0 Å². The standard InChI is InChI=1S/C24H25Cl2N5O3/c1-14-12-15(6-7-20(14)34-16-8-10-27-11-9-16)29-24-28-13-17(23(31-24)33-2)22(32)30-21-18(25)4-3-5-19(21)26/h3-7,12-13,16,27H,8-11H2,1-2H3,(H,30,32)(H,28,29,31). The number of halogens is 2. The van der Waals surface area contributed by atoms with Crippen molar-refractivity contribution in [3.63, 3.8) is 0 Å². The Bertz CT molecular complexity index is 1170. The Balaban J connectivity index is 1.47. The van der Waals surface area contributed by atoms with E-state index in [1.165, 1.54) is 13.3 Å². The lowest BCUT2D eigenvalue weighted by Crippen LogP contribution is -2.34. The number of anilines is 3. The van der Waals surface area contributed by atoms with E-state index >= 15 is 0 Å². The van der Waals surface area contributed by atoms with Gasteiger partial charge in [0, 0.05) is 11.9 Å². The molecule has 0 aliphatic carbocycles. The van der Waals surface area contributed by atoms with Gasteiger partial charge in [0.25, 0.3) is 5.91 Å². The van der Waals surface area contributed by atoms with Gasteiger partial charge in [-0.1, -0.05) is 29.3 Å². The highest BCUT2D eigenvalue weighted by Gasteiger charge is 2.19. The number of ether oxygens (including phenoxy) is 2. The maximum atomic E-state index is 12.8. The van der Waals surface area contributed by atoms with Crippen molar-refractivity contribution in [2.24, 2.45) is 0 Å². The predicted molar refractivity (Wildman–Crippen MR) is 134 cm³/mol. The lowest BCUT2D eigenvalue weighted by atomic mass is 10.1. The monoisotopic (exact) mass is 501 g/mol.